The summed E-state index contributed by atoms with van der Waals surface area (Å²) in [6, 6.07) is 15.4. The maximum atomic E-state index is 12.8. The first kappa shape index (κ1) is 18.6. The molecule has 2 heterocycles. The van der Waals surface area contributed by atoms with Crippen LogP contribution in [-0.4, -0.2) is 34.8 Å². The van der Waals surface area contributed by atoms with E-state index in [0.29, 0.717) is 24.3 Å². The number of nitrogens with zero attached hydrogens (tertiary/aromatic N) is 2. The molecule has 28 heavy (non-hydrogen) atoms. The molecule has 6 heteroatoms. The molecule has 3 aromatic rings. The molecule has 1 aliphatic heterocycles. The molecule has 0 radical (unpaired) electrons. The summed E-state index contributed by atoms with van der Waals surface area (Å²) in [4.78, 5) is 31.1. The van der Waals surface area contributed by atoms with Crippen LogP contribution in [0.5, 0.6) is 0 Å². The molecule has 2 amide bonds. The van der Waals surface area contributed by atoms with Gasteiger partial charge in [0.05, 0.1) is 15.2 Å². The lowest BCUT2D eigenvalue weighted by Crippen LogP contribution is -2.39. The van der Waals surface area contributed by atoms with Crippen LogP contribution >= 0.6 is 11.3 Å². The summed E-state index contributed by atoms with van der Waals surface area (Å²) >= 11 is 1.73. The van der Waals surface area contributed by atoms with Gasteiger partial charge in [-0.3, -0.25) is 9.59 Å². The minimum Gasteiger partial charge on any atom is -0.366 e. The number of piperidine rings is 1. The average molecular weight is 394 g/mol. The Labute approximate surface area is 168 Å². The first-order chi connectivity index (χ1) is 13.6. The standard InChI is InChI=1S/C22H23N3O2S/c23-21(27)17-8-2-1-6-15(17)11-12-20(26)25-13-5-7-16(14-25)22-24-18-9-3-4-10-19(18)28-22/h1-4,6,8-10,16H,5,7,11-14H2,(H2,23,27). The van der Waals surface area contributed by atoms with Crippen molar-refractivity contribution in [2.75, 3.05) is 13.1 Å². The third-order valence-electron chi connectivity index (χ3n) is 5.32. The van der Waals surface area contributed by atoms with E-state index >= 15 is 0 Å². The summed E-state index contributed by atoms with van der Waals surface area (Å²) in [5, 5.41) is 1.12. The van der Waals surface area contributed by atoms with Crippen molar-refractivity contribution in [1.29, 1.82) is 0 Å². The van der Waals surface area contributed by atoms with Crippen molar-refractivity contribution in [3.8, 4) is 0 Å². The quantitative estimate of drug-likeness (QED) is 0.717. The van der Waals surface area contributed by atoms with E-state index in [-0.39, 0.29) is 5.91 Å². The second-order valence-electron chi connectivity index (χ2n) is 7.22. The van der Waals surface area contributed by atoms with E-state index in [2.05, 4.69) is 6.07 Å². The number of benzene rings is 2. The summed E-state index contributed by atoms with van der Waals surface area (Å²) in [5.74, 6) is -0.0185. The smallest absolute Gasteiger partial charge is 0.248 e. The SMILES string of the molecule is NC(=O)c1ccccc1CCC(=O)N1CCCC(c2nc3ccccc3s2)C1. The number of aryl methyl sites for hydroxylation is 1. The number of rotatable bonds is 5. The number of hydrogen-bond acceptors (Lipinski definition) is 4. The molecular formula is C22H23N3O2S. The normalized spacial score (nSPS) is 17.0. The van der Waals surface area contributed by atoms with Crippen molar-refractivity contribution in [2.45, 2.75) is 31.6 Å². The number of amides is 2. The average Bonchev–Trinajstić information content (AvgIpc) is 3.16. The van der Waals surface area contributed by atoms with Crippen LogP contribution in [-0.2, 0) is 11.2 Å². The van der Waals surface area contributed by atoms with Crippen LogP contribution in [0, 0.1) is 0 Å². The Morgan fingerprint density at radius 1 is 1.14 bits per heavy atom. The number of likely N-dealkylation sites (tertiary alicyclic amines) is 1. The molecule has 144 valence electrons. The first-order valence-electron chi connectivity index (χ1n) is 9.63. The highest BCUT2D eigenvalue weighted by Crippen LogP contribution is 2.33. The van der Waals surface area contributed by atoms with Crippen molar-refractivity contribution in [2.24, 2.45) is 5.73 Å². The Hall–Kier alpha value is -2.73. The summed E-state index contributed by atoms with van der Waals surface area (Å²) in [5.41, 5.74) is 7.81. The number of aromatic nitrogens is 1. The van der Waals surface area contributed by atoms with Crippen LogP contribution in [0.15, 0.2) is 48.5 Å². The molecule has 1 unspecified atom stereocenters. The molecular weight excluding hydrogens is 370 g/mol. The molecule has 5 nitrogen and oxygen atoms in total. The second-order valence-corrected chi connectivity index (χ2v) is 8.28. The van der Waals surface area contributed by atoms with Gasteiger partial charge >= 0.3 is 0 Å². The topological polar surface area (TPSA) is 76.3 Å². The van der Waals surface area contributed by atoms with Crippen LogP contribution in [0.2, 0.25) is 0 Å². The van der Waals surface area contributed by atoms with Gasteiger partial charge < -0.3 is 10.6 Å². The maximum Gasteiger partial charge on any atom is 0.248 e. The number of carbonyl (C=O) groups is 2. The third-order valence-corrected chi connectivity index (χ3v) is 6.52. The highest BCUT2D eigenvalue weighted by atomic mass is 32.1. The van der Waals surface area contributed by atoms with E-state index in [4.69, 9.17) is 10.7 Å². The molecule has 2 aromatic carbocycles. The summed E-state index contributed by atoms with van der Waals surface area (Å²) < 4.78 is 1.20. The third kappa shape index (κ3) is 3.92. The van der Waals surface area contributed by atoms with Crippen molar-refractivity contribution >= 4 is 33.4 Å². The van der Waals surface area contributed by atoms with E-state index in [9.17, 15) is 9.59 Å². The van der Waals surface area contributed by atoms with Gasteiger partial charge in [0.15, 0.2) is 0 Å². The van der Waals surface area contributed by atoms with Crippen molar-refractivity contribution < 1.29 is 9.59 Å². The van der Waals surface area contributed by atoms with Gasteiger partial charge in [-0.1, -0.05) is 30.3 Å². The lowest BCUT2D eigenvalue weighted by molar-refractivity contribution is -0.132. The summed E-state index contributed by atoms with van der Waals surface area (Å²) in [6.45, 7) is 1.51. The van der Waals surface area contributed by atoms with Gasteiger partial charge in [0.2, 0.25) is 11.8 Å². The lowest BCUT2D eigenvalue weighted by Gasteiger charge is -2.32. The molecule has 0 aliphatic carbocycles. The number of thiazole rings is 1. The predicted octanol–water partition coefficient (Wildman–Crippen LogP) is 3.73. The number of hydrogen-bond donors (Lipinski definition) is 1. The summed E-state index contributed by atoms with van der Waals surface area (Å²) in [7, 11) is 0. The number of fused-ring (bicyclic) bond motifs is 1. The molecule has 1 aliphatic rings. The fourth-order valence-corrected chi connectivity index (χ4v) is 4.94. The Kier molecular flexibility index (Phi) is 5.39. The van der Waals surface area contributed by atoms with Crippen LogP contribution in [0.3, 0.4) is 0 Å². The molecule has 2 N–H and O–H groups in total. The first-order valence-corrected chi connectivity index (χ1v) is 10.4. The fourth-order valence-electron chi connectivity index (χ4n) is 3.85. The van der Waals surface area contributed by atoms with E-state index < -0.39 is 5.91 Å². The van der Waals surface area contributed by atoms with E-state index in [1.807, 2.05) is 35.2 Å². The van der Waals surface area contributed by atoms with Crippen LogP contribution in [0.25, 0.3) is 10.2 Å². The zero-order chi connectivity index (χ0) is 19.5. The largest absolute Gasteiger partial charge is 0.366 e. The minimum atomic E-state index is -0.447. The van der Waals surface area contributed by atoms with Gasteiger partial charge in [-0.25, -0.2) is 4.98 Å². The van der Waals surface area contributed by atoms with Gasteiger partial charge in [0.1, 0.15) is 0 Å². The van der Waals surface area contributed by atoms with Crippen LogP contribution < -0.4 is 5.73 Å². The fraction of sp³-hybridized carbons (Fsp3) is 0.318. The zero-order valence-electron chi connectivity index (χ0n) is 15.6. The van der Waals surface area contributed by atoms with Crippen molar-refractivity contribution in [3.05, 3.63) is 64.7 Å². The van der Waals surface area contributed by atoms with Crippen LogP contribution in [0.1, 0.15) is 46.1 Å². The zero-order valence-corrected chi connectivity index (χ0v) is 16.5. The number of para-hydroxylation sites is 1. The van der Waals surface area contributed by atoms with Gasteiger partial charge in [-0.05, 0) is 43.0 Å². The highest BCUT2D eigenvalue weighted by molar-refractivity contribution is 7.18. The molecule has 1 fully saturated rings. The number of carbonyl (C=O) groups excluding carboxylic acids is 2. The Balaban J connectivity index is 1.41. The summed E-state index contributed by atoms with van der Waals surface area (Å²) in [6.07, 6.45) is 2.97. The maximum absolute atomic E-state index is 12.8. The monoisotopic (exact) mass is 393 g/mol. The van der Waals surface area contributed by atoms with Gasteiger partial charge in [0, 0.05) is 31.0 Å². The molecule has 0 spiro atoms. The van der Waals surface area contributed by atoms with Gasteiger partial charge in [-0.2, -0.15) is 0 Å². The van der Waals surface area contributed by atoms with E-state index in [0.717, 1.165) is 42.0 Å². The molecule has 1 saturated heterocycles. The molecule has 0 bridgehead atoms. The molecule has 1 aromatic heterocycles. The molecule has 4 rings (SSSR count). The molecule has 0 saturated carbocycles. The predicted molar refractivity (Wildman–Crippen MR) is 111 cm³/mol. The number of nitrogens with two attached hydrogens (primary N) is 1. The van der Waals surface area contributed by atoms with E-state index in [1.54, 1.807) is 23.5 Å². The lowest BCUT2D eigenvalue weighted by atomic mass is 9.97. The van der Waals surface area contributed by atoms with E-state index in [1.165, 1.54) is 4.70 Å². The van der Waals surface area contributed by atoms with Crippen molar-refractivity contribution in [1.82, 2.24) is 9.88 Å². The number of primary amides is 1. The van der Waals surface area contributed by atoms with Crippen molar-refractivity contribution in [3.63, 3.8) is 0 Å². The Morgan fingerprint density at radius 2 is 1.93 bits per heavy atom. The minimum absolute atomic E-state index is 0.130. The molecule has 1 atom stereocenters. The highest BCUT2D eigenvalue weighted by Gasteiger charge is 2.26. The van der Waals surface area contributed by atoms with Gasteiger partial charge in [0.25, 0.3) is 0 Å². The Bertz CT molecular complexity index is 981. The van der Waals surface area contributed by atoms with Gasteiger partial charge in [-0.15, -0.1) is 11.3 Å². The van der Waals surface area contributed by atoms with Crippen LogP contribution in [0.4, 0.5) is 0 Å². The Morgan fingerprint density at radius 3 is 2.75 bits per heavy atom. The second kappa shape index (κ2) is 8.10.